The fraction of sp³-hybridized carbons (Fsp3) is 0.857. The van der Waals surface area contributed by atoms with Crippen LogP contribution in [0.5, 0.6) is 0 Å². The standard InChI is InChI=1S/C7H15N3/c1-8-7(9-2)6-4-3-5-10-6/h6,10H,3-5H2,1-2H3,(H,8,9). The Hall–Kier alpha value is -0.570. The highest BCUT2D eigenvalue weighted by molar-refractivity contribution is 5.87. The van der Waals surface area contributed by atoms with E-state index in [1.54, 1.807) is 0 Å². The fourth-order valence-corrected chi connectivity index (χ4v) is 1.36. The Morgan fingerprint density at radius 2 is 2.50 bits per heavy atom. The molecule has 10 heavy (non-hydrogen) atoms. The lowest BCUT2D eigenvalue weighted by molar-refractivity contribution is 0.738. The second-order valence-corrected chi connectivity index (χ2v) is 2.51. The van der Waals surface area contributed by atoms with Crippen molar-refractivity contribution in [2.45, 2.75) is 18.9 Å². The van der Waals surface area contributed by atoms with E-state index in [4.69, 9.17) is 0 Å². The lowest BCUT2D eigenvalue weighted by Gasteiger charge is -2.11. The number of nitrogens with zero attached hydrogens (tertiary/aromatic N) is 1. The van der Waals surface area contributed by atoms with Gasteiger partial charge < -0.3 is 10.6 Å². The van der Waals surface area contributed by atoms with E-state index in [2.05, 4.69) is 15.6 Å². The van der Waals surface area contributed by atoms with Crippen LogP contribution in [0.1, 0.15) is 12.8 Å². The molecule has 0 aliphatic carbocycles. The molecule has 2 N–H and O–H groups in total. The molecule has 0 amide bonds. The van der Waals surface area contributed by atoms with Crippen molar-refractivity contribution in [3.63, 3.8) is 0 Å². The normalized spacial score (nSPS) is 27.0. The van der Waals surface area contributed by atoms with Crippen LogP contribution in [0.2, 0.25) is 0 Å². The molecule has 3 nitrogen and oxygen atoms in total. The van der Waals surface area contributed by atoms with Crippen molar-refractivity contribution in [1.29, 1.82) is 0 Å². The summed E-state index contributed by atoms with van der Waals surface area (Å²) in [4.78, 5) is 4.13. The first-order valence-electron chi connectivity index (χ1n) is 3.76. The SMILES string of the molecule is CN=C(NC)C1CCCN1. The van der Waals surface area contributed by atoms with E-state index in [9.17, 15) is 0 Å². The molecule has 0 aromatic heterocycles. The van der Waals surface area contributed by atoms with Gasteiger partial charge in [0.2, 0.25) is 0 Å². The van der Waals surface area contributed by atoms with Crippen LogP contribution in [0, 0.1) is 0 Å². The van der Waals surface area contributed by atoms with Gasteiger partial charge in [0.25, 0.3) is 0 Å². The van der Waals surface area contributed by atoms with Gasteiger partial charge in [-0.2, -0.15) is 0 Å². The Balaban J connectivity index is 2.45. The Morgan fingerprint density at radius 3 is 2.90 bits per heavy atom. The molecule has 1 heterocycles. The van der Waals surface area contributed by atoms with Crippen molar-refractivity contribution >= 4 is 5.84 Å². The van der Waals surface area contributed by atoms with Gasteiger partial charge in [-0.05, 0) is 19.4 Å². The van der Waals surface area contributed by atoms with Gasteiger partial charge in [-0.3, -0.25) is 4.99 Å². The first kappa shape index (κ1) is 7.54. The topological polar surface area (TPSA) is 36.4 Å². The third kappa shape index (κ3) is 1.48. The molecule has 0 saturated carbocycles. The van der Waals surface area contributed by atoms with Gasteiger partial charge in [-0.1, -0.05) is 0 Å². The summed E-state index contributed by atoms with van der Waals surface area (Å²) in [5.41, 5.74) is 0. The molecule has 0 bridgehead atoms. The van der Waals surface area contributed by atoms with E-state index in [0.717, 1.165) is 12.4 Å². The summed E-state index contributed by atoms with van der Waals surface area (Å²) >= 11 is 0. The Morgan fingerprint density at radius 1 is 1.70 bits per heavy atom. The number of hydrogen-bond acceptors (Lipinski definition) is 2. The maximum atomic E-state index is 4.13. The van der Waals surface area contributed by atoms with Crippen LogP contribution in [-0.4, -0.2) is 32.5 Å². The summed E-state index contributed by atoms with van der Waals surface area (Å²) in [6.45, 7) is 1.13. The molecule has 0 spiro atoms. The lowest BCUT2D eigenvalue weighted by atomic mass is 10.2. The first-order chi connectivity index (χ1) is 4.88. The van der Waals surface area contributed by atoms with Gasteiger partial charge in [0.15, 0.2) is 0 Å². The maximum Gasteiger partial charge on any atom is 0.113 e. The molecular formula is C7H15N3. The number of nitrogens with one attached hydrogen (secondary N) is 2. The summed E-state index contributed by atoms with van der Waals surface area (Å²) in [7, 11) is 3.74. The van der Waals surface area contributed by atoms with Gasteiger partial charge in [-0.25, -0.2) is 0 Å². The second-order valence-electron chi connectivity index (χ2n) is 2.51. The third-order valence-corrected chi connectivity index (χ3v) is 1.89. The van der Waals surface area contributed by atoms with E-state index in [1.165, 1.54) is 12.8 Å². The Kier molecular flexibility index (Phi) is 2.68. The minimum atomic E-state index is 0.481. The molecule has 0 aromatic rings. The second kappa shape index (κ2) is 3.56. The van der Waals surface area contributed by atoms with Crippen LogP contribution < -0.4 is 10.6 Å². The average molecular weight is 141 g/mol. The zero-order chi connectivity index (χ0) is 7.40. The van der Waals surface area contributed by atoms with Crippen LogP contribution in [0.4, 0.5) is 0 Å². The highest BCUT2D eigenvalue weighted by atomic mass is 15.1. The highest BCUT2D eigenvalue weighted by Gasteiger charge is 2.17. The maximum absolute atomic E-state index is 4.13. The van der Waals surface area contributed by atoms with Crippen molar-refractivity contribution in [2.24, 2.45) is 4.99 Å². The number of hydrogen-bond donors (Lipinski definition) is 2. The van der Waals surface area contributed by atoms with Crippen LogP contribution in [0.3, 0.4) is 0 Å². The zero-order valence-corrected chi connectivity index (χ0v) is 6.65. The molecule has 0 aromatic carbocycles. The summed E-state index contributed by atoms with van der Waals surface area (Å²) in [6.07, 6.45) is 2.49. The molecule has 1 rings (SSSR count). The molecule has 1 aliphatic heterocycles. The predicted octanol–water partition coefficient (Wildman–Crippen LogP) is -0.0139. The van der Waals surface area contributed by atoms with Gasteiger partial charge in [0, 0.05) is 14.1 Å². The van der Waals surface area contributed by atoms with Crippen molar-refractivity contribution in [3.8, 4) is 0 Å². The van der Waals surface area contributed by atoms with Crippen molar-refractivity contribution in [1.82, 2.24) is 10.6 Å². The van der Waals surface area contributed by atoms with Crippen molar-refractivity contribution < 1.29 is 0 Å². The molecule has 1 fully saturated rings. The molecule has 1 unspecified atom stereocenters. The van der Waals surface area contributed by atoms with Crippen LogP contribution in [0.15, 0.2) is 4.99 Å². The van der Waals surface area contributed by atoms with E-state index in [1.807, 2.05) is 14.1 Å². The molecular weight excluding hydrogens is 126 g/mol. The summed E-state index contributed by atoms with van der Waals surface area (Å²) in [5.74, 6) is 1.08. The predicted molar refractivity (Wildman–Crippen MR) is 43.4 cm³/mol. The summed E-state index contributed by atoms with van der Waals surface area (Å²) < 4.78 is 0. The van der Waals surface area contributed by atoms with E-state index < -0.39 is 0 Å². The largest absolute Gasteiger partial charge is 0.376 e. The number of likely N-dealkylation sites (N-methyl/N-ethyl adjacent to an activating group) is 1. The van der Waals surface area contributed by atoms with Crippen LogP contribution >= 0.6 is 0 Å². The van der Waals surface area contributed by atoms with Crippen molar-refractivity contribution in [2.75, 3.05) is 20.6 Å². The Bertz CT molecular complexity index is 125. The number of rotatable bonds is 1. The summed E-state index contributed by atoms with van der Waals surface area (Å²) in [5, 5.41) is 6.45. The number of amidine groups is 1. The quantitative estimate of drug-likeness (QED) is 0.398. The smallest absolute Gasteiger partial charge is 0.113 e. The third-order valence-electron chi connectivity index (χ3n) is 1.89. The molecule has 1 saturated heterocycles. The van der Waals surface area contributed by atoms with Crippen molar-refractivity contribution in [3.05, 3.63) is 0 Å². The first-order valence-corrected chi connectivity index (χ1v) is 3.76. The monoisotopic (exact) mass is 141 g/mol. The molecule has 3 heteroatoms. The minimum Gasteiger partial charge on any atom is -0.376 e. The van der Waals surface area contributed by atoms with Crippen LogP contribution in [-0.2, 0) is 0 Å². The lowest BCUT2D eigenvalue weighted by Crippen LogP contribution is -2.38. The Labute approximate surface area is 61.9 Å². The zero-order valence-electron chi connectivity index (χ0n) is 6.65. The highest BCUT2D eigenvalue weighted by Crippen LogP contribution is 2.04. The van der Waals surface area contributed by atoms with Gasteiger partial charge in [0.05, 0.1) is 6.04 Å². The van der Waals surface area contributed by atoms with Gasteiger partial charge >= 0.3 is 0 Å². The summed E-state index contributed by atoms with van der Waals surface area (Å²) in [6, 6.07) is 0.481. The molecule has 0 radical (unpaired) electrons. The van der Waals surface area contributed by atoms with E-state index >= 15 is 0 Å². The average Bonchev–Trinajstić information content (AvgIpc) is 2.43. The molecule has 1 atom stereocenters. The minimum absolute atomic E-state index is 0.481. The van der Waals surface area contributed by atoms with Gasteiger partial charge in [0.1, 0.15) is 5.84 Å². The van der Waals surface area contributed by atoms with Crippen LogP contribution in [0.25, 0.3) is 0 Å². The van der Waals surface area contributed by atoms with E-state index in [-0.39, 0.29) is 0 Å². The van der Waals surface area contributed by atoms with Gasteiger partial charge in [-0.15, -0.1) is 0 Å². The molecule has 1 aliphatic rings. The molecule has 58 valence electrons. The fourth-order valence-electron chi connectivity index (χ4n) is 1.36. The number of aliphatic imine (C=N–C) groups is 1. The van der Waals surface area contributed by atoms with E-state index in [0.29, 0.717) is 6.04 Å².